The molecule has 238 valence electrons. The molecule has 2 saturated heterocycles. The van der Waals surface area contributed by atoms with E-state index < -0.39 is 34.8 Å². The molecule has 2 aliphatic carbocycles. The normalized spacial score (nSPS) is 28.0. The first-order chi connectivity index (χ1) is 21.7. The maximum Gasteiger partial charge on any atom is 0.319 e. The summed E-state index contributed by atoms with van der Waals surface area (Å²) in [5, 5.41) is 12.6. The van der Waals surface area contributed by atoms with E-state index in [0.717, 1.165) is 37.1 Å². The number of anilines is 1. The number of thioether (sulfide) groups is 1. The van der Waals surface area contributed by atoms with E-state index in [1.165, 1.54) is 6.20 Å². The molecule has 5 aliphatic rings. The fourth-order valence-corrected chi connectivity index (χ4v) is 8.03. The van der Waals surface area contributed by atoms with Gasteiger partial charge in [-0.25, -0.2) is 17.6 Å². The van der Waals surface area contributed by atoms with Crippen molar-refractivity contribution in [3.8, 4) is 12.1 Å². The standard InChI is InChI=1S/C31H34F4N8OS/c1-2-17-13-43(8-6-38-17)29-20-11-39-25(18-9-21(33)23(34)27-22(18)19(10-36)28(37)45-27)24(35)26(20)40-30(41-29)44-15-31(4-5-31)14-42-7-3-16(32)12-42/h9,11,16-17,22,27,38H,2-8,12-15,37H2,1H3/t16-,17?,22?,27?/m1/s1. The molecular formula is C31H34F4N8OS. The number of nitrogens with one attached hydrogen (secondary N) is 1. The highest BCUT2D eigenvalue weighted by atomic mass is 32.2. The molecule has 2 aromatic heterocycles. The minimum Gasteiger partial charge on any atom is -0.463 e. The number of halogens is 4. The Morgan fingerprint density at radius 1 is 1.22 bits per heavy atom. The van der Waals surface area contributed by atoms with Crippen LogP contribution in [0.5, 0.6) is 6.01 Å². The summed E-state index contributed by atoms with van der Waals surface area (Å²) in [4.78, 5) is 17.8. The predicted molar refractivity (Wildman–Crippen MR) is 164 cm³/mol. The second-order valence-electron chi connectivity index (χ2n) is 12.6. The molecule has 3 fully saturated rings. The van der Waals surface area contributed by atoms with Crippen LogP contribution in [0, 0.1) is 28.5 Å². The van der Waals surface area contributed by atoms with Gasteiger partial charge >= 0.3 is 6.01 Å². The topological polar surface area (TPSA) is 116 Å². The van der Waals surface area contributed by atoms with Gasteiger partial charge in [-0.05, 0) is 37.3 Å². The Kier molecular flexibility index (Phi) is 7.90. The summed E-state index contributed by atoms with van der Waals surface area (Å²) in [7, 11) is 0. The monoisotopic (exact) mass is 642 g/mol. The Hall–Kier alpha value is -3.41. The molecule has 0 amide bonds. The van der Waals surface area contributed by atoms with Gasteiger partial charge in [-0.3, -0.25) is 9.88 Å². The number of alkyl halides is 1. The number of likely N-dealkylation sites (tertiary alicyclic amines) is 1. The van der Waals surface area contributed by atoms with Crippen molar-refractivity contribution in [2.24, 2.45) is 17.1 Å². The summed E-state index contributed by atoms with van der Waals surface area (Å²) in [5.41, 5.74) is 5.63. The van der Waals surface area contributed by atoms with Crippen LogP contribution in [0.25, 0.3) is 16.5 Å². The van der Waals surface area contributed by atoms with Crippen molar-refractivity contribution in [1.82, 2.24) is 25.2 Å². The summed E-state index contributed by atoms with van der Waals surface area (Å²) in [6.45, 7) is 6.20. The first-order valence-electron chi connectivity index (χ1n) is 15.4. The number of fused-ring (bicyclic) bond motifs is 2. The van der Waals surface area contributed by atoms with Gasteiger partial charge in [0.05, 0.1) is 33.9 Å². The van der Waals surface area contributed by atoms with Gasteiger partial charge < -0.3 is 20.7 Å². The third-order valence-corrected chi connectivity index (χ3v) is 10.8. The number of ether oxygens (including phenoxy) is 1. The molecule has 0 spiro atoms. The highest BCUT2D eigenvalue weighted by Crippen LogP contribution is 2.53. The molecule has 7 rings (SSSR count). The van der Waals surface area contributed by atoms with Crippen LogP contribution in [0.15, 0.2) is 34.5 Å². The number of piperazine rings is 1. The van der Waals surface area contributed by atoms with E-state index in [2.05, 4.69) is 32.0 Å². The first-order valence-corrected chi connectivity index (χ1v) is 16.3. The van der Waals surface area contributed by atoms with E-state index in [0.29, 0.717) is 63.5 Å². The van der Waals surface area contributed by atoms with Gasteiger partial charge in [0.2, 0.25) is 0 Å². The molecule has 3 N–H and O–H groups in total. The lowest BCUT2D eigenvalue weighted by molar-refractivity contribution is 0.165. The highest BCUT2D eigenvalue weighted by Gasteiger charge is 2.47. The smallest absolute Gasteiger partial charge is 0.319 e. The van der Waals surface area contributed by atoms with Gasteiger partial charge in [0.25, 0.3) is 0 Å². The molecular weight excluding hydrogens is 608 g/mol. The van der Waals surface area contributed by atoms with Crippen LogP contribution in [-0.2, 0) is 0 Å². The summed E-state index contributed by atoms with van der Waals surface area (Å²) in [6, 6.07) is 2.19. The van der Waals surface area contributed by atoms with Crippen LogP contribution in [0.4, 0.5) is 23.4 Å². The zero-order chi connectivity index (χ0) is 31.5. The number of pyridine rings is 1. The Morgan fingerprint density at radius 3 is 2.76 bits per heavy atom. The molecule has 1 saturated carbocycles. The first kappa shape index (κ1) is 30.3. The van der Waals surface area contributed by atoms with E-state index in [4.69, 9.17) is 15.5 Å². The molecule has 0 radical (unpaired) electrons. The van der Waals surface area contributed by atoms with Crippen LogP contribution < -0.4 is 20.7 Å². The molecule has 14 heteroatoms. The number of nitriles is 1. The minimum atomic E-state index is -1.15. The zero-order valence-electron chi connectivity index (χ0n) is 24.8. The number of hydrogen-bond donors (Lipinski definition) is 2. The number of nitrogens with two attached hydrogens (primary N) is 1. The lowest BCUT2D eigenvalue weighted by Crippen LogP contribution is -2.50. The van der Waals surface area contributed by atoms with Crippen LogP contribution in [0.3, 0.4) is 0 Å². The number of nitrogens with zero attached hydrogens (tertiary/aromatic N) is 6. The Bertz CT molecular complexity index is 1670. The van der Waals surface area contributed by atoms with Crippen molar-refractivity contribution >= 4 is 34.1 Å². The maximum absolute atomic E-state index is 16.6. The van der Waals surface area contributed by atoms with E-state index in [9.17, 15) is 18.4 Å². The van der Waals surface area contributed by atoms with Crippen LogP contribution in [0.1, 0.15) is 38.3 Å². The number of rotatable bonds is 8. The SMILES string of the molecule is CCC1CN(c2nc(OCC3(CN4CC[C@@H](F)C4)CC3)nc3c(F)c(C4=CC(F)=C(F)C5SC(N)=C(C#N)C45)ncc23)CCN1. The van der Waals surface area contributed by atoms with Crippen molar-refractivity contribution in [2.75, 3.05) is 50.8 Å². The van der Waals surface area contributed by atoms with E-state index >= 15 is 4.39 Å². The third kappa shape index (κ3) is 5.53. The Morgan fingerprint density at radius 2 is 2.04 bits per heavy atom. The minimum absolute atomic E-state index is 0.00194. The van der Waals surface area contributed by atoms with Crippen LogP contribution >= 0.6 is 11.8 Å². The fourth-order valence-electron chi connectivity index (χ4n) is 6.83. The van der Waals surface area contributed by atoms with Gasteiger partial charge in [-0.2, -0.15) is 15.2 Å². The molecule has 5 heterocycles. The number of aromatic nitrogens is 3. The summed E-state index contributed by atoms with van der Waals surface area (Å²) >= 11 is 0.842. The van der Waals surface area contributed by atoms with Gasteiger partial charge in [0.1, 0.15) is 29.0 Å². The van der Waals surface area contributed by atoms with Gasteiger partial charge in [0, 0.05) is 62.8 Å². The van der Waals surface area contributed by atoms with E-state index in [1.54, 1.807) is 0 Å². The molecule has 0 aromatic carbocycles. The zero-order valence-corrected chi connectivity index (χ0v) is 25.6. The summed E-state index contributed by atoms with van der Waals surface area (Å²) in [5.74, 6) is -3.57. The van der Waals surface area contributed by atoms with Crippen LogP contribution in [-0.4, -0.2) is 83.2 Å². The Labute approximate surface area is 262 Å². The van der Waals surface area contributed by atoms with Crippen molar-refractivity contribution < 1.29 is 22.3 Å². The highest BCUT2D eigenvalue weighted by molar-refractivity contribution is 8.04. The second-order valence-corrected chi connectivity index (χ2v) is 13.8. The Balaban J connectivity index is 1.28. The maximum atomic E-state index is 16.6. The van der Waals surface area contributed by atoms with Gasteiger partial charge in [-0.15, -0.1) is 0 Å². The molecule has 45 heavy (non-hydrogen) atoms. The number of allylic oxidation sites excluding steroid dienone is 4. The molecule has 4 atom stereocenters. The van der Waals surface area contributed by atoms with Gasteiger partial charge in [-0.1, -0.05) is 18.7 Å². The fraction of sp³-hybridized carbons (Fsp3) is 0.548. The summed E-state index contributed by atoms with van der Waals surface area (Å²) in [6.07, 6.45) is 4.82. The van der Waals surface area contributed by atoms with Crippen molar-refractivity contribution in [3.63, 3.8) is 0 Å². The van der Waals surface area contributed by atoms with E-state index in [1.807, 2.05) is 6.07 Å². The average molecular weight is 643 g/mol. The molecule has 0 bridgehead atoms. The van der Waals surface area contributed by atoms with Gasteiger partial charge in [0.15, 0.2) is 11.6 Å². The predicted octanol–water partition coefficient (Wildman–Crippen LogP) is 4.53. The lowest BCUT2D eigenvalue weighted by Gasteiger charge is -2.34. The van der Waals surface area contributed by atoms with Crippen molar-refractivity contribution in [3.05, 3.63) is 46.0 Å². The average Bonchev–Trinajstić information content (AvgIpc) is 3.55. The van der Waals surface area contributed by atoms with Crippen molar-refractivity contribution in [2.45, 2.75) is 50.1 Å². The molecule has 3 aliphatic heterocycles. The molecule has 2 aromatic rings. The lowest BCUT2D eigenvalue weighted by atomic mass is 9.82. The van der Waals surface area contributed by atoms with Crippen molar-refractivity contribution in [1.29, 1.82) is 5.26 Å². The second kappa shape index (κ2) is 11.7. The largest absolute Gasteiger partial charge is 0.463 e. The number of hydrogen-bond acceptors (Lipinski definition) is 10. The summed E-state index contributed by atoms with van der Waals surface area (Å²) < 4.78 is 66.3. The quantitative estimate of drug-likeness (QED) is 0.398. The molecule has 3 unspecified atom stereocenters. The van der Waals surface area contributed by atoms with Crippen LogP contribution in [0.2, 0.25) is 0 Å². The molecule has 9 nitrogen and oxygen atoms in total. The third-order valence-electron chi connectivity index (χ3n) is 9.55. The van der Waals surface area contributed by atoms with E-state index in [-0.39, 0.29) is 44.9 Å².